The summed E-state index contributed by atoms with van der Waals surface area (Å²) < 4.78 is 7.71. The maximum absolute atomic E-state index is 6.03. The van der Waals surface area contributed by atoms with E-state index in [4.69, 9.17) is 10.5 Å². The Bertz CT molecular complexity index is 1350. The number of aromatic nitrogens is 5. The molecular formula is C21H17N7O. The Morgan fingerprint density at radius 3 is 2.79 bits per heavy atom. The normalized spacial score (nSPS) is 11.1. The Morgan fingerprint density at radius 2 is 1.90 bits per heavy atom. The Labute approximate surface area is 166 Å². The van der Waals surface area contributed by atoms with Gasteiger partial charge >= 0.3 is 0 Å². The van der Waals surface area contributed by atoms with Gasteiger partial charge in [-0.15, -0.1) is 0 Å². The number of nitrogens with two attached hydrogens (primary N) is 1. The molecule has 0 spiro atoms. The second kappa shape index (κ2) is 6.75. The molecule has 8 nitrogen and oxygen atoms in total. The van der Waals surface area contributed by atoms with Crippen molar-refractivity contribution in [2.45, 2.75) is 6.92 Å². The molecule has 142 valence electrons. The molecule has 0 unspecified atom stereocenters. The minimum Gasteiger partial charge on any atom is -0.457 e. The molecule has 5 rings (SSSR count). The predicted octanol–water partition coefficient (Wildman–Crippen LogP) is 4.10. The van der Waals surface area contributed by atoms with Crippen LogP contribution in [0.25, 0.3) is 16.6 Å². The number of pyridine rings is 1. The van der Waals surface area contributed by atoms with Crippen LogP contribution >= 0.6 is 0 Å². The van der Waals surface area contributed by atoms with Crippen LogP contribution in [-0.4, -0.2) is 24.6 Å². The van der Waals surface area contributed by atoms with Crippen molar-refractivity contribution in [3.05, 3.63) is 72.9 Å². The third-order valence-corrected chi connectivity index (χ3v) is 4.58. The summed E-state index contributed by atoms with van der Waals surface area (Å²) in [5, 5.41) is 8.30. The number of rotatable bonds is 4. The Kier molecular flexibility index (Phi) is 3.94. The molecule has 3 N–H and O–H groups in total. The van der Waals surface area contributed by atoms with Gasteiger partial charge in [0.1, 0.15) is 30.0 Å². The van der Waals surface area contributed by atoms with Crippen LogP contribution < -0.4 is 15.8 Å². The van der Waals surface area contributed by atoms with E-state index in [0.29, 0.717) is 17.3 Å². The van der Waals surface area contributed by atoms with E-state index in [1.54, 1.807) is 4.52 Å². The van der Waals surface area contributed by atoms with E-state index in [-0.39, 0.29) is 0 Å². The van der Waals surface area contributed by atoms with Crippen LogP contribution in [0, 0.1) is 6.92 Å². The van der Waals surface area contributed by atoms with Crippen molar-refractivity contribution >= 4 is 33.7 Å². The SMILES string of the molecule is Cc1cc(Nc2ncnc3ccc(N)cc23)ccc1Oc1ccn2ncnc2c1. The quantitative estimate of drug-likeness (QED) is 0.450. The highest BCUT2D eigenvalue weighted by Crippen LogP contribution is 2.30. The van der Waals surface area contributed by atoms with Crippen LogP contribution in [-0.2, 0) is 0 Å². The van der Waals surface area contributed by atoms with Crippen molar-refractivity contribution in [3.8, 4) is 11.5 Å². The largest absolute Gasteiger partial charge is 0.457 e. The first kappa shape index (κ1) is 16.9. The summed E-state index contributed by atoms with van der Waals surface area (Å²) in [7, 11) is 0. The van der Waals surface area contributed by atoms with Crippen molar-refractivity contribution in [1.82, 2.24) is 24.6 Å². The number of hydrogen-bond donors (Lipinski definition) is 2. The Hall–Kier alpha value is -4.20. The minimum atomic E-state index is 0.667. The van der Waals surface area contributed by atoms with Crippen molar-refractivity contribution in [1.29, 1.82) is 0 Å². The van der Waals surface area contributed by atoms with Gasteiger partial charge < -0.3 is 15.8 Å². The van der Waals surface area contributed by atoms with Gasteiger partial charge in [0, 0.05) is 29.0 Å². The number of benzene rings is 2. The first-order valence-electron chi connectivity index (χ1n) is 9.01. The first-order valence-corrected chi connectivity index (χ1v) is 9.01. The summed E-state index contributed by atoms with van der Waals surface area (Å²) in [6, 6.07) is 15.1. The highest BCUT2D eigenvalue weighted by Gasteiger charge is 2.08. The van der Waals surface area contributed by atoms with E-state index in [1.165, 1.54) is 12.7 Å². The van der Waals surface area contributed by atoms with E-state index in [1.807, 2.05) is 61.7 Å². The maximum atomic E-state index is 6.03. The molecule has 0 atom stereocenters. The second-order valence-corrected chi connectivity index (χ2v) is 6.63. The lowest BCUT2D eigenvalue weighted by Crippen LogP contribution is -1.98. The third kappa shape index (κ3) is 3.27. The fourth-order valence-electron chi connectivity index (χ4n) is 3.14. The Balaban J connectivity index is 1.42. The topological polar surface area (TPSA) is 103 Å². The number of aryl methyl sites for hydroxylation is 1. The fraction of sp³-hybridized carbons (Fsp3) is 0.0476. The van der Waals surface area contributed by atoms with Crippen LogP contribution in [0.1, 0.15) is 5.56 Å². The number of fused-ring (bicyclic) bond motifs is 2. The number of hydrogen-bond acceptors (Lipinski definition) is 7. The molecule has 0 bridgehead atoms. The van der Waals surface area contributed by atoms with Crippen LogP contribution in [0.3, 0.4) is 0 Å². The number of anilines is 3. The zero-order valence-electron chi connectivity index (χ0n) is 15.6. The fourth-order valence-corrected chi connectivity index (χ4v) is 3.14. The van der Waals surface area contributed by atoms with Gasteiger partial charge in [-0.1, -0.05) is 0 Å². The minimum absolute atomic E-state index is 0.667. The van der Waals surface area contributed by atoms with Gasteiger partial charge in [0.15, 0.2) is 5.65 Å². The number of nitrogen functional groups attached to an aromatic ring is 1. The molecule has 0 aliphatic carbocycles. The van der Waals surface area contributed by atoms with Crippen LogP contribution in [0.2, 0.25) is 0 Å². The molecule has 2 aromatic carbocycles. The van der Waals surface area contributed by atoms with Gasteiger partial charge in [0.25, 0.3) is 0 Å². The van der Waals surface area contributed by atoms with Gasteiger partial charge in [-0.3, -0.25) is 0 Å². The zero-order valence-corrected chi connectivity index (χ0v) is 15.6. The van der Waals surface area contributed by atoms with E-state index in [2.05, 4.69) is 25.4 Å². The second-order valence-electron chi connectivity index (χ2n) is 6.63. The van der Waals surface area contributed by atoms with E-state index >= 15 is 0 Å². The smallest absolute Gasteiger partial charge is 0.158 e. The van der Waals surface area contributed by atoms with Gasteiger partial charge in [-0.25, -0.2) is 19.5 Å². The van der Waals surface area contributed by atoms with E-state index < -0.39 is 0 Å². The molecule has 29 heavy (non-hydrogen) atoms. The monoisotopic (exact) mass is 383 g/mol. The van der Waals surface area contributed by atoms with Gasteiger partial charge in [-0.05, 0) is 55.0 Å². The zero-order chi connectivity index (χ0) is 19.8. The summed E-state index contributed by atoms with van der Waals surface area (Å²) in [6.45, 7) is 1.99. The van der Waals surface area contributed by atoms with E-state index in [9.17, 15) is 0 Å². The highest BCUT2D eigenvalue weighted by atomic mass is 16.5. The van der Waals surface area contributed by atoms with Crippen LogP contribution in [0.5, 0.6) is 11.5 Å². The highest BCUT2D eigenvalue weighted by molar-refractivity contribution is 5.92. The lowest BCUT2D eigenvalue weighted by atomic mass is 10.2. The molecule has 0 saturated carbocycles. The average molecular weight is 383 g/mol. The molecule has 8 heteroatoms. The number of nitrogens with one attached hydrogen (secondary N) is 1. The van der Waals surface area contributed by atoms with Crippen molar-refractivity contribution in [3.63, 3.8) is 0 Å². The molecule has 3 heterocycles. The van der Waals surface area contributed by atoms with Crippen molar-refractivity contribution < 1.29 is 4.74 Å². The van der Waals surface area contributed by atoms with Crippen molar-refractivity contribution in [2.75, 3.05) is 11.1 Å². The molecule has 5 aromatic rings. The Morgan fingerprint density at radius 1 is 0.966 bits per heavy atom. The average Bonchev–Trinajstić information content (AvgIpc) is 3.18. The van der Waals surface area contributed by atoms with Gasteiger partial charge in [-0.2, -0.15) is 5.10 Å². The number of nitrogens with zero attached hydrogens (tertiary/aromatic N) is 5. The van der Waals surface area contributed by atoms with Crippen LogP contribution in [0.4, 0.5) is 17.2 Å². The lowest BCUT2D eigenvalue weighted by molar-refractivity contribution is 0.478. The maximum Gasteiger partial charge on any atom is 0.158 e. The lowest BCUT2D eigenvalue weighted by Gasteiger charge is -2.12. The van der Waals surface area contributed by atoms with Crippen molar-refractivity contribution in [2.24, 2.45) is 0 Å². The summed E-state index contributed by atoms with van der Waals surface area (Å²) in [4.78, 5) is 12.8. The molecule has 0 aliphatic rings. The summed E-state index contributed by atoms with van der Waals surface area (Å²) in [5.41, 5.74) is 10.0. The standard InChI is InChI=1S/C21H17N7O/c1-13-8-15(27-21-17-9-14(22)2-4-18(17)23-11-25-21)3-5-19(13)29-16-6-7-28-20(10-16)24-12-26-28/h2-12H,22H2,1H3,(H,23,25,27). The third-order valence-electron chi connectivity index (χ3n) is 4.58. The predicted molar refractivity (Wildman–Crippen MR) is 111 cm³/mol. The molecular weight excluding hydrogens is 366 g/mol. The molecule has 0 aliphatic heterocycles. The first-order chi connectivity index (χ1) is 14.2. The molecule has 0 fully saturated rings. The molecule has 0 saturated heterocycles. The van der Waals surface area contributed by atoms with Crippen LogP contribution in [0.15, 0.2) is 67.4 Å². The summed E-state index contributed by atoms with van der Waals surface area (Å²) in [6.07, 6.45) is 4.86. The van der Waals surface area contributed by atoms with E-state index in [0.717, 1.165) is 33.6 Å². The number of ether oxygens (including phenoxy) is 1. The molecule has 0 radical (unpaired) electrons. The molecule has 0 amide bonds. The van der Waals surface area contributed by atoms with Gasteiger partial charge in [0.05, 0.1) is 5.52 Å². The molecule has 3 aromatic heterocycles. The summed E-state index contributed by atoms with van der Waals surface area (Å²) in [5.74, 6) is 2.16. The van der Waals surface area contributed by atoms with Gasteiger partial charge in [0.2, 0.25) is 0 Å². The summed E-state index contributed by atoms with van der Waals surface area (Å²) >= 11 is 0.